The molecule has 0 amide bonds. The monoisotopic (exact) mass is 1040 g/mol. The molecule has 0 aliphatic heterocycles. The molecule has 0 saturated carbocycles. The average molecular weight is 1050 g/mol. The molecule has 0 aromatic heterocycles. The minimum absolute atomic E-state index is 0. The summed E-state index contributed by atoms with van der Waals surface area (Å²) in [4.78, 5) is 12.2. The summed E-state index contributed by atoms with van der Waals surface area (Å²) in [6.45, 7) is 5.11. The Morgan fingerprint density at radius 1 is 0.611 bits per heavy atom. The van der Waals surface area contributed by atoms with Crippen molar-refractivity contribution in [2.45, 2.75) is 45.1 Å². The van der Waals surface area contributed by atoms with Gasteiger partial charge in [0, 0.05) is 45.9 Å². The van der Waals surface area contributed by atoms with Gasteiger partial charge < -0.3 is 26.8 Å². The number of ether oxygens (including phenoxy) is 1. The van der Waals surface area contributed by atoms with Crippen LogP contribution in [0.15, 0.2) is 139 Å². The molecular weight excluding hydrogens is 1010 g/mol. The van der Waals surface area contributed by atoms with Crippen LogP contribution < -0.4 is 21.7 Å². The van der Waals surface area contributed by atoms with Crippen LogP contribution in [0.5, 0.6) is 5.75 Å². The Bertz CT molecular complexity index is 2100. The Balaban J connectivity index is 0.000000186. The molecular formula is C45H37Br5MgO3. The smallest absolute Gasteiger partial charge is 1.00 e. The fourth-order valence-corrected chi connectivity index (χ4v) is 8.01. The van der Waals surface area contributed by atoms with E-state index >= 15 is 0 Å². The van der Waals surface area contributed by atoms with Gasteiger partial charge in [0.15, 0.2) is 5.78 Å². The number of unbranched alkanes of at least 4 members (excludes halogenated alkanes) is 3. The summed E-state index contributed by atoms with van der Waals surface area (Å²) in [6.07, 6.45) is 5.02. The Kier molecular flexibility index (Phi) is 16.8. The maximum atomic E-state index is 12.2. The van der Waals surface area contributed by atoms with Crippen LogP contribution in [0.2, 0.25) is 0 Å². The van der Waals surface area contributed by atoms with E-state index in [2.05, 4.69) is 95.8 Å². The summed E-state index contributed by atoms with van der Waals surface area (Å²) in [5, 5.41) is 11.8. The van der Waals surface area contributed by atoms with Gasteiger partial charge in [0.25, 0.3) is 0 Å². The summed E-state index contributed by atoms with van der Waals surface area (Å²) in [5.41, 5.74) is 8.55. The average Bonchev–Trinajstić information content (AvgIpc) is 3.55. The third-order valence-electron chi connectivity index (χ3n) is 9.20. The van der Waals surface area contributed by atoms with Crippen molar-refractivity contribution in [3.05, 3.63) is 179 Å². The third kappa shape index (κ3) is 10.1. The van der Waals surface area contributed by atoms with Crippen LogP contribution in [-0.4, -0.2) is 40.5 Å². The van der Waals surface area contributed by atoms with Crippen molar-refractivity contribution in [3.63, 3.8) is 0 Å². The van der Waals surface area contributed by atoms with Gasteiger partial charge in [-0.05, 0) is 89.7 Å². The van der Waals surface area contributed by atoms with Gasteiger partial charge in [-0.3, -0.25) is 4.79 Å². The Morgan fingerprint density at radius 3 is 1.56 bits per heavy atom. The van der Waals surface area contributed by atoms with Crippen molar-refractivity contribution in [3.8, 4) is 28.0 Å². The first-order valence-corrected chi connectivity index (χ1v) is 20.4. The number of fused-ring (bicyclic) bond motifs is 6. The zero-order valence-corrected chi connectivity index (χ0v) is 39.3. The van der Waals surface area contributed by atoms with Crippen LogP contribution in [-0.2, 0) is 5.60 Å². The number of rotatable bonds is 7. The van der Waals surface area contributed by atoms with E-state index in [0.717, 1.165) is 86.7 Å². The predicted octanol–water partition coefficient (Wildman–Crippen LogP) is 10.3. The zero-order valence-electron chi connectivity index (χ0n) is 29.9. The largest absolute Gasteiger partial charge is 2.00 e. The van der Waals surface area contributed by atoms with Gasteiger partial charge in [0.1, 0.15) is 5.60 Å². The molecule has 1 N–H and O–H groups in total. The first-order valence-electron chi connectivity index (χ1n) is 17.2. The molecule has 6 aromatic carbocycles. The third-order valence-corrected chi connectivity index (χ3v) is 11.2. The van der Waals surface area contributed by atoms with Gasteiger partial charge in [-0.15, -0.1) is 12.1 Å². The fourth-order valence-electron chi connectivity index (χ4n) is 6.56. The minimum Gasteiger partial charge on any atom is -1.00 e. The number of carbonyl (C=O) groups is 1. The molecule has 0 radical (unpaired) electrons. The van der Waals surface area contributed by atoms with Crippen LogP contribution in [0.4, 0.5) is 0 Å². The van der Waals surface area contributed by atoms with Crippen LogP contribution in [0.25, 0.3) is 22.3 Å². The molecule has 0 spiro atoms. The van der Waals surface area contributed by atoms with E-state index in [1.165, 1.54) is 24.8 Å². The van der Waals surface area contributed by atoms with Crippen molar-refractivity contribution >= 4 is 92.6 Å². The van der Waals surface area contributed by atoms with Crippen LogP contribution >= 0.6 is 63.7 Å². The molecule has 2 aliphatic rings. The molecule has 8 rings (SSSR count). The summed E-state index contributed by atoms with van der Waals surface area (Å²) in [6, 6.07) is 42.6. The fraction of sp³-hybridized carbons (Fsp3) is 0.178. The number of aliphatic hydroxyl groups is 1. The summed E-state index contributed by atoms with van der Waals surface area (Å²) in [7, 11) is 0. The quantitative estimate of drug-likeness (QED) is 0.0983. The predicted molar refractivity (Wildman–Crippen MR) is 232 cm³/mol. The number of halogens is 5. The van der Waals surface area contributed by atoms with E-state index in [4.69, 9.17) is 4.74 Å². The second kappa shape index (κ2) is 20.4. The van der Waals surface area contributed by atoms with Crippen molar-refractivity contribution in [2.75, 3.05) is 6.61 Å². The van der Waals surface area contributed by atoms with Gasteiger partial charge in [-0.1, -0.05) is 144 Å². The van der Waals surface area contributed by atoms with E-state index in [-0.39, 0.29) is 45.8 Å². The molecule has 6 aromatic rings. The maximum absolute atomic E-state index is 12.2. The van der Waals surface area contributed by atoms with Gasteiger partial charge in [0.05, 0.1) is 6.61 Å². The topological polar surface area (TPSA) is 46.5 Å². The molecule has 0 atom stereocenters. The standard InChI is InChI=1S/C20H14Br2O.C13H6Br2O.C12H17O.BrH.Mg/c1-12-2-4-13(5-3-12)20(23)18-10-14(21)6-8-16(18)17-9-7-15(22)11-19(17)20;14-7-1-3-9-10-4-2-8(15)6-12(10)13(16)11(9)5-7;1-2-3-4-8-11-13-12-9-6-5-7-10-12;;/h2-11,23H,1H3;1-6H;6-7,9-10H,2-4,8,11H2,1H3;1H;/q;;-1;;+2/p-1. The first kappa shape index (κ1) is 44.6. The van der Waals surface area contributed by atoms with E-state index < -0.39 is 5.60 Å². The molecule has 0 fully saturated rings. The van der Waals surface area contributed by atoms with Gasteiger partial charge in [-0.2, -0.15) is 18.2 Å². The molecule has 2 aliphatic carbocycles. The van der Waals surface area contributed by atoms with Gasteiger partial charge in [-0.25, -0.2) is 0 Å². The number of ketones is 1. The number of hydrogen-bond acceptors (Lipinski definition) is 3. The second-order valence-electron chi connectivity index (χ2n) is 12.8. The number of hydrogen-bond donors (Lipinski definition) is 1. The Morgan fingerprint density at radius 2 is 1.07 bits per heavy atom. The van der Waals surface area contributed by atoms with Crippen molar-refractivity contribution < 1.29 is 31.6 Å². The molecule has 0 bridgehead atoms. The van der Waals surface area contributed by atoms with Crippen molar-refractivity contribution in [2.24, 2.45) is 0 Å². The molecule has 0 saturated heterocycles. The minimum atomic E-state index is -1.13. The molecule has 0 unspecified atom stereocenters. The molecule has 272 valence electrons. The zero-order chi connectivity index (χ0) is 36.8. The summed E-state index contributed by atoms with van der Waals surface area (Å²) < 4.78 is 9.34. The first-order chi connectivity index (χ1) is 25.1. The molecule has 9 heteroatoms. The maximum Gasteiger partial charge on any atom is 2.00 e. The molecule has 54 heavy (non-hydrogen) atoms. The normalized spacial score (nSPS) is 12.2. The summed E-state index contributed by atoms with van der Waals surface area (Å²) in [5.74, 6) is 1.06. The number of benzene rings is 6. The van der Waals surface area contributed by atoms with Crippen molar-refractivity contribution in [1.29, 1.82) is 0 Å². The van der Waals surface area contributed by atoms with E-state index in [9.17, 15) is 9.90 Å². The van der Waals surface area contributed by atoms with E-state index in [1.807, 2.05) is 109 Å². The molecule has 3 nitrogen and oxygen atoms in total. The van der Waals surface area contributed by atoms with Crippen LogP contribution in [0, 0.1) is 13.0 Å². The van der Waals surface area contributed by atoms with Crippen molar-refractivity contribution in [1.82, 2.24) is 0 Å². The van der Waals surface area contributed by atoms with E-state index in [0.29, 0.717) is 0 Å². The SMILES string of the molecule is CCCCCCOc1cc[c-]cc1.Cc1ccc(C2(O)c3cc(Br)ccc3-c3ccc(Br)cc32)cc1.O=C1c2cc(Br)ccc2-c2ccc(Br)cc21.[Br-].[Mg+2]. The van der Waals surface area contributed by atoms with Gasteiger partial charge >= 0.3 is 23.1 Å². The molecule has 0 heterocycles. The number of aryl methyl sites for hydroxylation is 1. The Hall–Kier alpha value is -2.08. The summed E-state index contributed by atoms with van der Waals surface area (Å²) >= 11 is 13.9. The van der Waals surface area contributed by atoms with Crippen LogP contribution in [0.1, 0.15) is 70.8 Å². The van der Waals surface area contributed by atoms with Gasteiger partial charge in [0.2, 0.25) is 0 Å². The Labute approximate surface area is 378 Å². The van der Waals surface area contributed by atoms with E-state index in [1.54, 1.807) is 0 Å². The van der Waals surface area contributed by atoms with Crippen LogP contribution in [0.3, 0.4) is 0 Å². The number of carbonyl (C=O) groups excluding carboxylic acids is 1. The second-order valence-corrected chi connectivity index (χ2v) is 16.5.